The van der Waals surface area contributed by atoms with Crippen molar-refractivity contribution in [3.63, 3.8) is 0 Å². The van der Waals surface area contributed by atoms with Gasteiger partial charge in [-0.3, -0.25) is 9.59 Å². The van der Waals surface area contributed by atoms with Gasteiger partial charge in [0.2, 0.25) is 0 Å². The molecule has 3 aromatic rings. The zero-order valence-electron chi connectivity index (χ0n) is 18.6. The Bertz CT molecular complexity index is 1110. The van der Waals surface area contributed by atoms with Crippen molar-refractivity contribution in [2.24, 2.45) is 0 Å². The first-order valence-corrected chi connectivity index (χ1v) is 11.1. The average molecular weight is 441 g/mol. The molecule has 1 N–H and O–H groups in total. The molecule has 2 amide bonds. The van der Waals surface area contributed by atoms with Crippen LogP contribution in [-0.2, 0) is 16.0 Å². The molecule has 1 aliphatic heterocycles. The van der Waals surface area contributed by atoms with Gasteiger partial charge < -0.3 is 15.0 Å². The van der Waals surface area contributed by atoms with Gasteiger partial charge in [0.05, 0.1) is 13.2 Å². The molecule has 0 aliphatic carbocycles. The second-order valence-electron chi connectivity index (χ2n) is 8.13. The molecule has 0 unspecified atom stereocenters. The molecule has 0 saturated carbocycles. The van der Waals surface area contributed by atoms with Crippen molar-refractivity contribution in [2.45, 2.75) is 12.0 Å². The van der Waals surface area contributed by atoms with Crippen molar-refractivity contribution < 1.29 is 14.3 Å². The Hall–Kier alpha value is -3.70. The number of morpholine rings is 1. The molecule has 33 heavy (non-hydrogen) atoms. The van der Waals surface area contributed by atoms with Crippen LogP contribution in [0.3, 0.4) is 0 Å². The number of ether oxygens (including phenoxy) is 1. The Labute approximate surface area is 194 Å². The predicted octanol–water partition coefficient (Wildman–Crippen LogP) is 4.11. The van der Waals surface area contributed by atoms with E-state index in [1.165, 1.54) is 0 Å². The zero-order chi connectivity index (χ0) is 23.1. The van der Waals surface area contributed by atoms with E-state index in [2.05, 4.69) is 30.1 Å². The highest BCUT2D eigenvalue weighted by Gasteiger charge is 2.45. The molecule has 5 heteroatoms. The van der Waals surface area contributed by atoms with Crippen LogP contribution >= 0.6 is 0 Å². The maximum Gasteiger partial charge on any atom is 0.254 e. The molecule has 1 heterocycles. The highest BCUT2D eigenvalue weighted by Crippen LogP contribution is 2.31. The van der Waals surface area contributed by atoms with Gasteiger partial charge >= 0.3 is 0 Å². The van der Waals surface area contributed by atoms with Crippen molar-refractivity contribution in [2.75, 3.05) is 26.2 Å². The Morgan fingerprint density at radius 2 is 1.64 bits per heavy atom. The Balaban J connectivity index is 1.68. The largest absolute Gasteiger partial charge is 0.361 e. The lowest BCUT2D eigenvalue weighted by molar-refractivity contribution is -0.157. The first kappa shape index (κ1) is 22.5. The monoisotopic (exact) mass is 440 g/mol. The fourth-order valence-corrected chi connectivity index (χ4v) is 4.25. The molecule has 5 nitrogen and oxygen atoms in total. The Morgan fingerprint density at radius 1 is 0.970 bits per heavy atom. The van der Waals surface area contributed by atoms with E-state index < -0.39 is 5.60 Å². The Morgan fingerprint density at radius 3 is 2.36 bits per heavy atom. The topological polar surface area (TPSA) is 58.6 Å². The van der Waals surface area contributed by atoms with Crippen molar-refractivity contribution in [3.05, 3.63) is 109 Å². The van der Waals surface area contributed by atoms with Gasteiger partial charge in [0.1, 0.15) is 0 Å². The lowest BCUT2D eigenvalue weighted by Crippen LogP contribution is -2.62. The van der Waals surface area contributed by atoms with Gasteiger partial charge in [-0.25, -0.2) is 0 Å². The molecular formula is C28H28N2O3. The minimum atomic E-state index is -1.20. The summed E-state index contributed by atoms with van der Waals surface area (Å²) in [5, 5.41) is 2.90. The second kappa shape index (κ2) is 10.3. The quantitative estimate of drug-likeness (QED) is 0.563. The lowest BCUT2D eigenvalue weighted by atomic mass is 9.87. The minimum Gasteiger partial charge on any atom is -0.361 e. The SMILES string of the molecule is C=CCNC(=O)[C@@]1(Cc2ccccc2-c2ccccc2)CN(C(=O)c2ccccc2)CCO1. The molecule has 4 rings (SSSR count). The number of hydrogen-bond donors (Lipinski definition) is 1. The highest BCUT2D eigenvalue weighted by atomic mass is 16.5. The fraction of sp³-hybridized carbons (Fsp3) is 0.214. The number of nitrogens with zero attached hydrogens (tertiary/aromatic N) is 1. The minimum absolute atomic E-state index is 0.101. The second-order valence-corrected chi connectivity index (χ2v) is 8.13. The fourth-order valence-electron chi connectivity index (χ4n) is 4.25. The van der Waals surface area contributed by atoms with Crippen LogP contribution in [0.5, 0.6) is 0 Å². The summed E-state index contributed by atoms with van der Waals surface area (Å²) in [7, 11) is 0. The predicted molar refractivity (Wildman–Crippen MR) is 130 cm³/mol. The Kier molecular flexibility index (Phi) is 7.01. The van der Waals surface area contributed by atoms with Gasteiger partial charge in [0, 0.05) is 25.1 Å². The summed E-state index contributed by atoms with van der Waals surface area (Å²) in [4.78, 5) is 28.3. The number of carbonyl (C=O) groups excluding carboxylic acids is 2. The van der Waals surface area contributed by atoms with Gasteiger partial charge in [-0.1, -0.05) is 78.9 Å². The summed E-state index contributed by atoms with van der Waals surface area (Å²) >= 11 is 0. The van der Waals surface area contributed by atoms with Gasteiger partial charge in [-0.05, 0) is 28.8 Å². The van der Waals surface area contributed by atoms with Crippen LogP contribution in [0.1, 0.15) is 15.9 Å². The number of amides is 2. The lowest BCUT2D eigenvalue weighted by Gasteiger charge is -2.42. The molecule has 168 valence electrons. The van der Waals surface area contributed by atoms with Gasteiger partial charge in [0.15, 0.2) is 5.60 Å². The normalized spacial score (nSPS) is 17.9. The van der Waals surface area contributed by atoms with Crippen molar-refractivity contribution in [1.82, 2.24) is 10.2 Å². The van der Waals surface area contributed by atoms with Crippen LogP contribution in [0.15, 0.2) is 97.6 Å². The van der Waals surface area contributed by atoms with Gasteiger partial charge in [0.25, 0.3) is 11.8 Å². The third-order valence-corrected chi connectivity index (χ3v) is 5.89. The molecule has 1 atom stereocenters. The number of rotatable bonds is 7. The molecule has 0 spiro atoms. The molecular weight excluding hydrogens is 412 g/mol. The average Bonchev–Trinajstić information content (AvgIpc) is 2.88. The van der Waals surface area contributed by atoms with E-state index in [1.54, 1.807) is 23.1 Å². The van der Waals surface area contributed by atoms with Gasteiger partial charge in [-0.15, -0.1) is 6.58 Å². The van der Waals surface area contributed by atoms with E-state index in [4.69, 9.17) is 4.74 Å². The van der Waals surface area contributed by atoms with E-state index in [0.717, 1.165) is 16.7 Å². The standard InChI is InChI=1S/C28H28N2O3/c1-2-17-29-27(32)28(20-24-15-9-10-16-25(24)22-11-5-3-6-12-22)21-30(18-19-33-28)26(31)23-13-7-4-8-14-23/h2-16H,1,17-21H2,(H,29,32)/t28-/m1/s1. The summed E-state index contributed by atoms with van der Waals surface area (Å²) in [6.45, 7) is 4.93. The summed E-state index contributed by atoms with van der Waals surface area (Å²) in [6, 6.07) is 27.2. The zero-order valence-corrected chi connectivity index (χ0v) is 18.6. The summed E-state index contributed by atoms with van der Waals surface area (Å²) in [5.74, 6) is -0.341. The third-order valence-electron chi connectivity index (χ3n) is 5.89. The van der Waals surface area contributed by atoms with Crippen LogP contribution in [-0.4, -0.2) is 48.6 Å². The number of benzene rings is 3. The van der Waals surface area contributed by atoms with Crippen molar-refractivity contribution in [3.8, 4) is 11.1 Å². The van der Waals surface area contributed by atoms with E-state index in [1.807, 2.05) is 54.6 Å². The molecule has 0 radical (unpaired) electrons. The van der Waals surface area contributed by atoms with Gasteiger partial charge in [-0.2, -0.15) is 0 Å². The third kappa shape index (κ3) is 5.04. The number of nitrogens with one attached hydrogen (secondary N) is 1. The summed E-state index contributed by atoms with van der Waals surface area (Å²) in [6.07, 6.45) is 1.98. The van der Waals surface area contributed by atoms with Crippen LogP contribution in [0.25, 0.3) is 11.1 Å². The first-order chi connectivity index (χ1) is 16.1. The van der Waals surface area contributed by atoms with E-state index in [9.17, 15) is 9.59 Å². The maximum atomic E-state index is 13.4. The van der Waals surface area contributed by atoms with E-state index >= 15 is 0 Å². The number of carbonyl (C=O) groups is 2. The van der Waals surface area contributed by atoms with Crippen molar-refractivity contribution in [1.29, 1.82) is 0 Å². The van der Waals surface area contributed by atoms with Crippen molar-refractivity contribution >= 4 is 11.8 Å². The molecule has 0 aromatic heterocycles. The molecule has 1 aliphatic rings. The van der Waals surface area contributed by atoms with Crippen LogP contribution in [0, 0.1) is 0 Å². The summed E-state index contributed by atoms with van der Waals surface area (Å²) in [5.41, 5.74) is 2.51. The number of hydrogen-bond acceptors (Lipinski definition) is 3. The molecule has 0 bridgehead atoms. The maximum absolute atomic E-state index is 13.4. The van der Waals surface area contributed by atoms with Crippen LogP contribution in [0.2, 0.25) is 0 Å². The van der Waals surface area contributed by atoms with Crippen LogP contribution in [0.4, 0.5) is 0 Å². The highest BCUT2D eigenvalue weighted by molar-refractivity contribution is 5.95. The molecule has 1 fully saturated rings. The van der Waals surface area contributed by atoms with E-state index in [0.29, 0.717) is 25.1 Å². The molecule has 1 saturated heterocycles. The smallest absolute Gasteiger partial charge is 0.254 e. The summed E-state index contributed by atoms with van der Waals surface area (Å²) < 4.78 is 6.20. The molecule has 3 aromatic carbocycles. The van der Waals surface area contributed by atoms with E-state index in [-0.39, 0.29) is 25.0 Å². The first-order valence-electron chi connectivity index (χ1n) is 11.1. The van der Waals surface area contributed by atoms with Crippen LogP contribution < -0.4 is 5.32 Å².